The molecule has 0 saturated heterocycles. The van der Waals surface area contributed by atoms with E-state index in [-0.39, 0.29) is 12.4 Å². The van der Waals surface area contributed by atoms with Gasteiger partial charge in [0.2, 0.25) is 0 Å². The molecule has 0 unspecified atom stereocenters. The van der Waals surface area contributed by atoms with Crippen LogP contribution in [0.2, 0.25) is 0 Å². The normalized spacial score (nSPS) is 9.62. The number of hydrogen-bond acceptors (Lipinski definition) is 3. The van der Waals surface area contributed by atoms with Gasteiger partial charge in [-0.05, 0) is 17.2 Å². The zero-order valence-electron chi connectivity index (χ0n) is 8.59. The molecule has 0 N–H and O–H groups in total. The van der Waals surface area contributed by atoms with E-state index in [0.29, 0.717) is 17.0 Å². The van der Waals surface area contributed by atoms with Gasteiger partial charge >= 0.3 is 5.97 Å². The van der Waals surface area contributed by atoms with E-state index in [9.17, 15) is 4.79 Å². The van der Waals surface area contributed by atoms with Gasteiger partial charge in [0.05, 0.1) is 25.2 Å². The molecular formula is C11H9BrClNO2. The van der Waals surface area contributed by atoms with Crippen molar-refractivity contribution in [2.75, 3.05) is 7.11 Å². The number of esters is 1. The average molecular weight is 303 g/mol. The lowest BCUT2D eigenvalue weighted by molar-refractivity contribution is -0.139. The molecule has 0 bridgehead atoms. The highest BCUT2D eigenvalue weighted by Crippen LogP contribution is 2.24. The summed E-state index contributed by atoms with van der Waals surface area (Å²) in [5.41, 5.74) is 1.93. The first-order valence-electron chi connectivity index (χ1n) is 4.46. The van der Waals surface area contributed by atoms with Crippen LogP contribution in [0.15, 0.2) is 16.6 Å². The quantitative estimate of drug-likeness (QED) is 0.637. The van der Waals surface area contributed by atoms with E-state index < -0.39 is 0 Å². The van der Waals surface area contributed by atoms with Gasteiger partial charge in [-0.25, -0.2) is 0 Å². The molecule has 5 heteroatoms. The van der Waals surface area contributed by atoms with Crippen LogP contribution in [0, 0.1) is 11.3 Å². The molecule has 0 radical (unpaired) electrons. The van der Waals surface area contributed by atoms with Crippen LogP contribution >= 0.6 is 27.5 Å². The van der Waals surface area contributed by atoms with E-state index in [2.05, 4.69) is 20.7 Å². The number of ether oxygens (including phenoxy) is 1. The molecule has 0 saturated carbocycles. The maximum absolute atomic E-state index is 11.2. The van der Waals surface area contributed by atoms with Crippen LogP contribution in [0.3, 0.4) is 0 Å². The first-order valence-corrected chi connectivity index (χ1v) is 5.79. The molecule has 1 aromatic carbocycles. The van der Waals surface area contributed by atoms with E-state index >= 15 is 0 Å². The number of nitrogens with zero attached hydrogens (tertiary/aromatic N) is 1. The van der Waals surface area contributed by atoms with Crippen molar-refractivity contribution in [3.8, 4) is 6.07 Å². The van der Waals surface area contributed by atoms with Crippen molar-refractivity contribution in [1.29, 1.82) is 5.26 Å². The van der Waals surface area contributed by atoms with E-state index in [1.807, 2.05) is 6.07 Å². The Morgan fingerprint density at radius 3 is 2.75 bits per heavy atom. The lowest BCUT2D eigenvalue weighted by atomic mass is 10.0. The molecule has 0 spiro atoms. The van der Waals surface area contributed by atoms with E-state index in [4.69, 9.17) is 16.9 Å². The Hall–Kier alpha value is -1.05. The maximum Gasteiger partial charge on any atom is 0.310 e. The summed E-state index contributed by atoms with van der Waals surface area (Å²) in [7, 11) is 1.32. The topological polar surface area (TPSA) is 50.1 Å². The van der Waals surface area contributed by atoms with Crippen LogP contribution in [0.4, 0.5) is 0 Å². The third-order valence-electron chi connectivity index (χ3n) is 2.10. The standard InChI is InChI=1S/C11H9BrClNO2/c1-16-11(15)4-7-2-8(5-13)10(12)3-9(7)6-14/h2-3H,4-5H2,1H3. The summed E-state index contributed by atoms with van der Waals surface area (Å²) >= 11 is 9.05. The third-order valence-corrected chi connectivity index (χ3v) is 3.13. The zero-order chi connectivity index (χ0) is 12.1. The summed E-state index contributed by atoms with van der Waals surface area (Å²) < 4.78 is 5.34. The fraction of sp³-hybridized carbons (Fsp3) is 0.273. The number of nitriles is 1. The molecule has 0 atom stereocenters. The molecule has 0 fully saturated rings. The van der Waals surface area contributed by atoms with Crippen LogP contribution in [0.1, 0.15) is 16.7 Å². The van der Waals surface area contributed by atoms with Crippen molar-refractivity contribution in [1.82, 2.24) is 0 Å². The number of hydrogen-bond donors (Lipinski definition) is 0. The van der Waals surface area contributed by atoms with Gasteiger partial charge < -0.3 is 4.74 Å². The number of benzene rings is 1. The molecule has 16 heavy (non-hydrogen) atoms. The number of methoxy groups -OCH3 is 1. The Balaban J connectivity index is 3.16. The Bertz CT molecular complexity index is 454. The third kappa shape index (κ3) is 2.97. The Kier molecular flexibility index (Phi) is 4.78. The predicted molar refractivity (Wildman–Crippen MR) is 64.1 cm³/mol. The minimum Gasteiger partial charge on any atom is -0.469 e. The number of rotatable bonds is 3. The first-order chi connectivity index (χ1) is 7.62. The number of carbonyl (C=O) groups excluding carboxylic acids is 1. The highest BCUT2D eigenvalue weighted by Gasteiger charge is 2.11. The van der Waals surface area contributed by atoms with Gasteiger partial charge in [-0.2, -0.15) is 5.26 Å². The molecule has 0 aromatic heterocycles. The lowest BCUT2D eigenvalue weighted by Gasteiger charge is -2.07. The maximum atomic E-state index is 11.2. The van der Waals surface area contributed by atoms with Crippen LogP contribution < -0.4 is 0 Å². The summed E-state index contributed by atoms with van der Waals surface area (Å²) in [4.78, 5) is 11.2. The Morgan fingerprint density at radius 1 is 1.56 bits per heavy atom. The van der Waals surface area contributed by atoms with Crippen molar-refractivity contribution in [2.24, 2.45) is 0 Å². The minimum atomic E-state index is -0.376. The monoisotopic (exact) mass is 301 g/mol. The van der Waals surface area contributed by atoms with E-state index in [1.165, 1.54) is 7.11 Å². The predicted octanol–water partition coefficient (Wildman–Crippen LogP) is 2.78. The van der Waals surface area contributed by atoms with Crippen molar-refractivity contribution < 1.29 is 9.53 Å². The molecule has 1 rings (SSSR count). The number of halogens is 2. The molecule has 0 aliphatic heterocycles. The molecule has 1 aromatic rings. The molecule has 84 valence electrons. The van der Waals surface area contributed by atoms with Gasteiger partial charge in [-0.1, -0.05) is 22.0 Å². The van der Waals surface area contributed by atoms with Crippen LogP contribution in [0.5, 0.6) is 0 Å². The van der Waals surface area contributed by atoms with Crippen molar-refractivity contribution in [3.63, 3.8) is 0 Å². The minimum absolute atomic E-state index is 0.0799. The first kappa shape index (κ1) is 13.0. The molecule has 0 amide bonds. The van der Waals surface area contributed by atoms with Gasteiger partial charge in [-0.3, -0.25) is 4.79 Å². The van der Waals surface area contributed by atoms with Gasteiger partial charge in [-0.15, -0.1) is 11.6 Å². The highest BCUT2D eigenvalue weighted by atomic mass is 79.9. The summed E-state index contributed by atoms with van der Waals surface area (Å²) in [6.07, 6.45) is 0.0799. The fourth-order valence-electron chi connectivity index (χ4n) is 1.25. The van der Waals surface area contributed by atoms with Crippen LogP contribution in [-0.4, -0.2) is 13.1 Å². The summed E-state index contributed by atoms with van der Waals surface area (Å²) in [6, 6.07) is 5.44. The van der Waals surface area contributed by atoms with Crippen molar-refractivity contribution in [2.45, 2.75) is 12.3 Å². The fourth-order valence-corrected chi connectivity index (χ4v) is 2.12. The second-order valence-corrected chi connectivity index (χ2v) is 4.22. The molecule has 0 heterocycles. The second-order valence-electron chi connectivity index (χ2n) is 3.10. The molecule has 3 nitrogen and oxygen atoms in total. The molecule has 0 aliphatic carbocycles. The average Bonchev–Trinajstić information content (AvgIpc) is 2.30. The zero-order valence-corrected chi connectivity index (χ0v) is 10.9. The largest absolute Gasteiger partial charge is 0.469 e. The SMILES string of the molecule is COC(=O)Cc1cc(CCl)c(Br)cc1C#N. The van der Waals surface area contributed by atoms with Crippen molar-refractivity contribution >= 4 is 33.5 Å². The second kappa shape index (κ2) is 5.88. The van der Waals surface area contributed by atoms with E-state index in [0.717, 1.165) is 10.0 Å². The summed E-state index contributed by atoms with van der Waals surface area (Å²) in [5, 5.41) is 8.94. The van der Waals surface area contributed by atoms with Gasteiger partial charge in [0.1, 0.15) is 0 Å². The molecular weight excluding hydrogens is 293 g/mol. The summed E-state index contributed by atoms with van der Waals surface area (Å²) in [5.74, 6) is -0.0557. The number of alkyl halides is 1. The van der Waals surface area contributed by atoms with Gasteiger partial charge in [0, 0.05) is 10.4 Å². The van der Waals surface area contributed by atoms with Gasteiger partial charge in [0.15, 0.2) is 0 Å². The van der Waals surface area contributed by atoms with Gasteiger partial charge in [0.25, 0.3) is 0 Å². The smallest absolute Gasteiger partial charge is 0.310 e. The molecule has 0 aliphatic rings. The van der Waals surface area contributed by atoms with Crippen molar-refractivity contribution in [3.05, 3.63) is 33.3 Å². The van der Waals surface area contributed by atoms with Crippen LogP contribution in [0.25, 0.3) is 0 Å². The Labute approximate surface area is 107 Å². The number of carbonyl (C=O) groups is 1. The lowest BCUT2D eigenvalue weighted by Crippen LogP contribution is -2.06. The van der Waals surface area contributed by atoms with E-state index in [1.54, 1.807) is 12.1 Å². The Morgan fingerprint density at radius 2 is 2.25 bits per heavy atom. The highest BCUT2D eigenvalue weighted by molar-refractivity contribution is 9.10. The summed E-state index contributed by atoms with van der Waals surface area (Å²) in [6.45, 7) is 0. The van der Waals surface area contributed by atoms with Crippen LogP contribution in [-0.2, 0) is 21.8 Å².